The Morgan fingerprint density at radius 2 is 1.90 bits per heavy atom. The summed E-state index contributed by atoms with van der Waals surface area (Å²) >= 11 is 0. The van der Waals surface area contributed by atoms with Crippen molar-refractivity contribution in [2.45, 2.75) is 44.1 Å². The van der Waals surface area contributed by atoms with Crippen molar-refractivity contribution in [3.8, 4) is 0 Å². The first-order chi connectivity index (χ1) is 9.31. The van der Waals surface area contributed by atoms with E-state index in [-0.39, 0.29) is 30.1 Å². The van der Waals surface area contributed by atoms with Crippen LogP contribution in [0.3, 0.4) is 0 Å². The van der Waals surface area contributed by atoms with Gasteiger partial charge in [-0.3, -0.25) is 4.79 Å². The summed E-state index contributed by atoms with van der Waals surface area (Å²) in [5, 5.41) is 0. The normalized spacial score (nSPS) is 18.4. The topological polar surface area (TPSA) is 75.7 Å². The molecule has 0 amide bonds. The number of methoxy groups -OCH3 is 1. The number of carbonyl (C=O) groups excluding carboxylic acids is 1. The lowest BCUT2D eigenvalue weighted by atomic mass is 9.97. The van der Waals surface area contributed by atoms with Crippen LogP contribution in [0, 0.1) is 0 Å². The molecule has 1 N–H and O–H groups in total. The highest BCUT2D eigenvalue weighted by molar-refractivity contribution is 7.89. The number of hydrogen-bond acceptors (Lipinski definition) is 5. The summed E-state index contributed by atoms with van der Waals surface area (Å²) < 4.78 is 31.1. The van der Waals surface area contributed by atoms with E-state index in [1.807, 2.05) is 14.1 Å². The van der Waals surface area contributed by atoms with E-state index in [9.17, 15) is 13.2 Å². The molecular formula is C13H26N2O4S. The van der Waals surface area contributed by atoms with Gasteiger partial charge in [0.25, 0.3) is 0 Å². The van der Waals surface area contributed by atoms with Gasteiger partial charge in [0.05, 0.1) is 12.9 Å². The maximum atomic E-state index is 11.9. The molecule has 1 fully saturated rings. The molecule has 7 heteroatoms. The predicted molar refractivity (Wildman–Crippen MR) is 77.9 cm³/mol. The van der Waals surface area contributed by atoms with E-state index in [1.165, 1.54) is 7.11 Å². The zero-order chi connectivity index (χ0) is 15.2. The fraction of sp³-hybridized carbons (Fsp3) is 0.923. The Hall–Kier alpha value is -0.660. The first kappa shape index (κ1) is 17.4. The van der Waals surface area contributed by atoms with Gasteiger partial charge in [-0.05, 0) is 33.4 Å². The Bertz CT molecular complexity index is 414. The third-order valence-corrected chi connectivity index (χ3v) is 5.54. The lowest BCUT2D eigenvalue weighted by Crippen LogP contribution is -2.51. The maximum absolute atomic E-state index is 11.9. The molecule has 118 valence electrons. The van der Waals surface area contributed by atoms with E-state index in [0.717, 1.165) is 25.7 Å². The van der Waals surface area contributed by atoms with Crippen LogP contribution in [0.5, 0.6) is 0 Å². The summed E-state index contributed by atoms with van der Waals surface area (Å²) in [5.74, 6) is -0.410. The van der Waals surface area contributed by atoms with E-state index in [4.69, 9.17) is 0 Å². The SMILES string of the molecule is COC(=O)CCCS(=O)(=O)NCC1(N(C)C)CCCC1. The Morgan fingerprint density at radius 1 is 1.30 bits per heavy atom. The zero-order valence-corrected chi connectivity index (χ0v) is 13.5. The van der Waals surface area contributed by atoms with Crippen molar-refractivity contribution in [3.63, 3.8) is 0 Å². The van der Waals surface area contributed by atoms with Gasteiger partial charge in [0.15, 0.2) is 0 Å². The van der Waals surface area contributed by atoms with Crippen LogP contribution in [0.1, 0.15) is 38.5 Å². The number of hydrogen-bond donors (Lipinski definition) is 1. The number of sulfonamides is 1. The van der Waals surface area contributed by atoms with Crippen molar-refractivity contribution in [1.29, 1.82) is 0 Å². The molecule has 1 rings (SSSR count). The third kappa shape index (κ3) is 5.03. The molecule has 0 heterocycles. The van der Waals surface area contributed by atoms with E-state index < -0.39 is 10.0 Å². The molecule has 0 atom stereocenters. The lowest BCUT2D eigenvalue weighted by molar-refractivity contribution is -0.140. The number of nitrogens with zero attached hydrogens (tertiary/aromatic N) is 1. The summed E-state index contributed by atoms with van der Waals surface area (Å²) in [7, 11) is 1.97. The monoisotopic (exact) mass is 306 g/mol. The van der Waals surface area contributed by atoms with Crippen molar-refractivity contribution in [2.24, 2.45) is 0 Å². The third-order valence-electron chi connectivity index (χ3n) is 4.13. The van der Waals surface area contributed by atoms with Crippen molar-refractivity contribution >= 4 is 16.0 Å². The van der Waals surface area contributed by atoms with Crippen LogP contribution >= 0.6 is 0 Å². The number of rotatable bonds is 8. The molecule has 0 aromatic carbocycles. The molecule has 0 spiro atoms. The molecule has 0 aliphatic heterocycles. The first-order valence-corrected chi connectivity index (χ1v) is 8.68. The van der Waals surface area contributed by atoms with Gasteiger partial charge in [-0.2, -0.15) is 0 Å². The summed E-state index contributed by atoms with van der Waals surface area (Å²) in [6, 6.07) is 0. The van der Waals surface area contributed by atoms with Gasteiger partial charge in [-0.1, -0.05) is 12.8 Å². The van der Waals surface area contributed by atoms with Crippen LogP contribution in [0.15, 0.2) is 0 Å². The zero-order valence-electron chi connectivity index (χ0n) is 12.6. The van der Waals surface area contributed by atoms with Gasteiger partial charge < -0.3 is 9.64 Å². The quantitative estimate of drug-likeness (QED) is 0.669. The van der Waals surface area contributed by atoms with Gasteiger partial charge in [0, 0.05) is 18.5 Å². The summed E-state index contributed by atoms with van der Waals surface area (Å²) in [5.41, 5.74) is -0.0601. The number of ether oxygens (including phenoxy) is 1. The molecule has 0 saturated heterocycles. The van der Waals surface area contributed by atoms with E-state index in [0.29, 0.717) is 6.54 Å². The highest BCUT2D eigenvalue weighted by atomic mass is 32.2. The number of carbonyl (C=O) groups is 1. The van der Waals surface area contributed by atoms with Crippen LogP contribution in [0.4, 0.5) is 0 Å². The summed E-state index contributed by atoms with van der Waals surface area (Å²) in [6.45, 7) is 0.445. The smallest absolute Gasteiger partial charge is 0.305 e. The van der Waals surface area contributed by atoms with Crippen molar-refractivity contribution in [3.05, 3.63) is 0 Å². The number of esters is 1. The molecule has 0 bridgehead atoms. The maximum Gasteiger partial charge on any atom is 0.305 e. The van der Waals surface area contributed by atoms with Crippen LogP contribution in [0.2, 0.25) is 0 Å². The van der Waals surface area contributed by atoms with Gasteiger partial charge in [-0.15, -0.1) is 0 Å². The van der Waals surface area contributed by atoms with Gasteiger partial charge in [-0.25, -0.2) is 13.1 Å². The Morgan fingerprint density at radius 3 is 2.40 bits per heavy atom. The summed E-state index contributed by atoms with van der Waals surface area (Å²) in [6.07, 6.45) is 4.74. The standard InChI is InChI=1S/C13H26N2O4S/c1-15(2)13(8-4-5-9-13)11-14-20(17,18)10-6-7-12(16)19-3/h14H,4-11H2,1-3H3. The van der Waals surface area contributed by atoms with E-state index in [1.54, 1.807) is 0 Å². The Balaban J connectivity index is 2.44. The highest BCUT2D eigenvalue weighted by Crippen LogP contribution is 2.33. The minimum absolute atomic E-state index is 0.0361. The lowest BCUT2D eigenvalue weighted by Gasteiger charge is -2.36. The summed E-state index contributed by atoms with van der Waals surface area (Å²) in [4.78, 5) is 13.1. The molecule has 1 aliphatic rings. The Labute approximate surface area is 121 Å². The minimum atomic E-state index is -3.33. The van der Waals surface area contributed by atoms with Gasteiger partial charge in [0.1, 0.15) is 0 Å². The van der Waals surface area contributed by atoms with Crippen molar-refractivity contribution in [1.82, 2.24) is 9.62 Å². The second kappa shape index (κ2) is 7.38. The number of nitrogens with one attached hydrogen (secondary N) is 1. The molecule has 0 unspecified atom stereocenters. The second-order valence-electron chi connectivity index (χ2n) is 5.65. The largest absolute Gasteiger partial charge is 0.469 e. The van der Waals surface area contributed by atoms with Crippen LogP contribution in [0.25, 0.3) is 0 Å². The molecule has 1 aliphatic carbocycles. The fourth-order valence-electron chi connectivity index (χ4n) is 2.64. The van der Waals surface area contributed by atoms with Crippen LogP contribution in [-0.2, 0) is 19.6 Å². The van der Waals surface area contributed by atoms with Crippen molar-refractivity contribution in [2.75, 3.05) is 33.5 Å². The Kier molecular flexibility index (Phi) is 6.42. The van der Waals surface area contributed by atoms with Gasteiger partial charge >= 0.3 is 5.97 Å². The molecule has 6 nitrogen and oxygen atoms in total. The molecule has 0 radical (unpaired) electrons. The van der Waals surface area contributed by atoms with Gasteiger partial charge in [0.2, 0.25) is 10.0 Å². The average Bonchev–Trinajstić information content (AvgIpc) is 2.86. The molecule has 20 heavy (non-hydrogen) atoms. The molecule has 0 aromatic heterocycles. The van der Waals surface area contributed by atoms with Crippen LogP contribution < -0.4 is 4.72 Å². The molecule has 1 saturated carbocycles. The van der Waals surface area contributed by atoms with Crippen LogP contribution in [-0.4, -0.2) is 58.3 Å². The van der Waals surface area contributed by atoms with E-state index in [2.05, 4.69) is 14.4 Å². The molecule has 0 aromatic rings. The average molecular weight is 306 g/mol. The molecular weight excluding hydrogens is 280 g/mol. The predicted octanol–water partition coefficient (Wildman–Crippen LogP) is 0.733. The fourth-order valence-corrected chi connectivity index (χ4v) is 3.80. The first-order valence-electron chi connectivity index (χ1n) is 7.03. The second-order valence-corrected chi connectivity index (χ2v) is 7.57. The number of likely N-dealkylation sites (N-methyl/N-ethyl adjacent to an activating group) is 1. The van der Waals surface area contributed by atoms with E-state index >= 15 is 0 Å². The minimum Gasteiger partial charge on any atom is -0.469 e. The highest BCUT2D eigenvalue weighted by Gasteiger charge is 2.36. The van der Waals surface area contributed by atoms with Crippen molar-refractivity contribution < 1.29 is 17.9 Å².